The van der Waals surface area contributed by atoms with Gasteiger partial charge in [0, 0.05) is 30.3 Å². The minimum Gasteiger partial charge on any atom is -0.236 e. The highest BCUT2D eigenvalue weighted by atomic mass is 32.1. The molecule has 0 spiro atoms. The standard InChI is InChI=1S/C40H22N2S4/c1-3-7-23(8-4-1)39-41-31-13-11-25(17-37(31)45-39)33-21-29-15-27-20-36-30(16-28(27)19-35(29)43-33)22-34(44-36)26-12-14-32-38(18-26)46-40(42-32)24-9-5-2-6-10-24/h1-22H. The number of benzene rings is 6. The van der Waals surface area contributed by atoms with Gasteiger partial charge in [-0.3, -0.25) is 0 Å². The van der Waals surface area contributed by atoms with Gasteiger partial charge in [-0.25, -0.2) is 9.97 Å². The first kappa shape index (κ1) is 26.5. The second kappa shape index (κ2) is 10.4. The van der Waals surface area contributed by atoms with Crippen molar-refractivity contribution in [2.75, 3.05) is 0 Å². The topological polar surface area (TPSA) is 25.8 Å². The Morgan fingerprint density at radius 1 is 0.326 bits per heavy atom. The van der Waals surface area contributed by atoms with Crippen molar-refractivity contribution in [3.8, 4) is 42.0 Å². The monoisotopic (exact) mass is 658 g/mol. The van der Waals surface area contributed by atoms with E-state index in [0.717, 1.165) is 21.0 Å². The summed E-state index contributed by atoms with van der Waals surface area (Å²) in [5.41, 5.74) is 6.96. The molecular formula is C40H22N2S4. The number of nitrogens with zero attached hydrogens (tertiary/aromatic N) is 2. The van der Waals surface area contributed by atoms with Gasteiger partial charge in [-0.15, -0.1) is 45.3 Å². The van der Waals surface area contributed by atoms with E-state index < -0.39 is 0 Å². The zero-order chi connectivity index (χ0) is 30.2. The molecule has 0 radical (unpaired) electrons. The Kier molecular flexibility index (Phi) is 5.99. The minimum absolute atomic E-state index is 1.06. The lowest BCUT2D eigenvalue weighted by atomic mass is 10.1. The molecule has 0 amide bonds. The molecule has 6 heteroatoms. The number of hydrogen-bond donors (Lipinski definition) is 0. The van der Waals surface area contributed by atoms with Crippen molar-refractivity contribution in [2.24, 2.45) is 0 Å². The van der Waals surface area contributed by atoms with E-state index in [0.29, 0.717) is 0 Å². The zero-order valence-electron chi connectivity index (χ0n) is 24.2. The summed E-state index contributed by atoms with van der Waals surface area (Å²) in [6.45, 7) is 0. The van der Waals surface area contributed by atoms with Crippen LogP contribution in [-0.4, -0.2) is 9.97 Å². The molecule has 0 N–H and O–H groups in total. The Morgan fingerprint density at radius 3 is 1.24 bits per heavy atom. The lowest BCUT2D eigenvalue weighted by molar-refractivity contribution is 1.48. The van der Waals surface area contributed by atoms with Gasteiger partial charge < -0.3 is 0 Å². The van der Waals surface area contributed by atoms with Gasteiger partial charge in [0.1, 0.15) is 10.0 Å². The second-order valence-electron chi connectivity index (χ2n) is 11.5. The van der Waals surface area contributed by atoms with Crippen molar-refractivity contribution in [1.29, 1.82) is 0 Å². The molecule has 0 atom stereocenters. The molecule has 4 aromatic heterocycles. The number of hydrogen-bond acceptors (Lipinski definition) is 6. The Morgan fingerprint density at radius 2 is 0.783 bits per heavy atom. The number of thiazole rings is 2. The maximum Gasteiger partial charge on any atom is 0.124 e. The Bertz CT molecular complexity index is 2490. The predicted molar refractivity (Wildman–Crippen MR) is 203 cm³/mol. The fourth-order valence-corrected chi connectivity index (χ4v) is 10.4. The number of rotatable bonds is 4. The highest BCUT2D eigenvalue weighted by Crippen LogP contribution is 2.42. The summed E-state index contributed by atoms with van der Waals surface area (Å²) < 4.78 is 5.08. The largest absolute Gasteiger partial charge is 0.236 e. The summed E-state index contributed by atoms with van der Waals surface area (Å²) in [6.07, 6.45) is 0. The molecule has 0 fully saturated rings. The summed E-state index contributed by atoms with van der Waals surface area (Å²) in [4.78, 5) is 12.4. The third-order valence-corrected chi connectivity index (χ3v) is 12.9. The average Bonchev–Trinajstić information content (AvgIpc) is 3.90. The summed E-state index contributed by atoms with van der Waals surface area (Å²) in [5.74, 6) is 0. The molecule has 0 aliphatic rings. The quantitative estimate of drug-likeness (QED) is 0.188. The van der Waals surface area contributed by atoms with Crippen molar-refractivity contribution < 1.29 is 0 Å². The van der Waals surface area contributed by atoms with Gasteiger partial charge in [-0.2, -0.15) is 0 Å². The van der Waals surface area contributed by atoms with E-state index in [-0.39, 0.29) is 0 Å². The van der Waals surface area contributed by atoms with E-state index in [4.69, 9.17) is 9.97 Å². The van der Waals surface area contributed by atoms with Crippen molar-refractivity contribution in [1.82, 2.24) is 9.97 Å². The highest BCUT2D eigenvalue weighted by Gasteiger charge is 2.13. The third kappa shape index (κ3) is 4.49. The van der Waals surface area contributed by atoms with Crippen LogP contribution >= 0.6 is 45.3 Å². The SMILES string of the molecule is c1ccc(-c2nc3ccc(-c4cc5cc6cc7sc(-c8ccc9nc(-c%10ccccc%10)sc9c8)cc7cc6cc5s4)cc3s2)cc1. The molecule has 0 saturated heterocycles. The summed E-state index contributed by atoms with van der Waals surface area (Å²) in [5, 5.41) is 7.30. The van der Waals surface area contributed by atoms with E-state index in [1.807, 2.05) is 34.8 Å². The molecule has 4 heterocycles. The maximum atomic E-state index is 4.89. The lowest BCUT2D eigenvalue weighted by Crippen LogP contribution is -1.74. The second-order valence-corrected chi connectivity index (χ2v) is 15.7. The van der Waals surface area contributed by atoms with Crippen LogP contribution in [0, 0.1) is 0 Å². The smallest absolute Gasteiger partial charge is 0.124 e. The van der Waals surface area contributed by atoms with E-state index in [1.54, 1.807) is 22.7 Å². The first-order valence-corrected chi connectivity index (χ1v) is 18.3. The first-order valence-electron chi connectivity index (χ1n) is 15.0. The molecule has 10 aromatic rings. The van der Waals surface area contributed by atoms with Crippen molar-refractivity contribution in [3.05, 3.63) is 133 Å². The summed E-state index contributed by atoms with van der Waals surface area (Å²) in [6, 6.07) is 48.4. The van der Waals surface area contributed by atoms with Crippen LogP contribution in [0.5, 0.6) is 0 Å². The first-order chi connectivity index (χ1) is 22.7. The van der Waals surface area contributed by atoms with Crippen LogP contribution in [0.25, 0.3) is 93.4 Å². The van der Waals surface area contributed by atoms with Crippen LogP contribution < -0.4 is 0 Å². The number of fused-ring (bicyclic) bond motifs is 5. The van der Waals surface area contributed by atoms with Gasteiger partial charge in [-0.05, 0) is 93.3 Å². The van der Waals surface area contributed by atoms with Crippen LogP contribution in [0.4, 0.5) is 0 Å². The Labute approximate surface area is 280 Å². The molecule has 2 nitrogen and oxygen atoms in total. The Hall–Kier alpha value is -4.72. The van der Waals surface area contributed by atoms with Gasteiger partial charge >= 0.3 is 0 Å². The van der Waals surface area contributed by atoms with Crippen LogP contribution in [0.1, 0.15) is 0 Å². The molecule has 46 heavy (non-hydrogen) atoms. The molecule has 0 bridgehead atoms. The Balaban J connectivity index is 0.995. The van der Waals surface area contributed by atoms with E-state index in [1.165, 1.54) is 72.4 Å². The van der Waals surface area contributed by atoms with Crippen LogP contribution in [0.2, 0.25) is 0 Å². The number of aromatic nitrogens is 2. The van der Waals surface area contributed by atoms with Gasteiger partial charge in [-0.1, -0.05) is 72.8 Å². The van der Waals surface area contributed by atoms with Gasteiger partial charge in [0.2, 0.25) is 0 Å². The van der Waals surface area contributed by atoms with E-state index in [9.17, 15) is 0 Å². The predicted octanol–water partition coefficient (Wildman–Crippen LogP) is 13.2. The molecular weight excluding hydrogens is 637 g/mol. The third-order valence-electron chi connectivity index (χ3n) is 8.50. The summed E-state index contributed by atoms with van der Waals surface area (Å²) in [7, 11) is 0. The molecule has 0 aliphatic heterocycles. The average molecular weight is 659 g/mol. The maximum absolute atomic E-state index is 4.89. The van der Waals surface area contributed by atoms with Gasteiger partial charge in [0.05, 0.1) is 20.4 Å². The van der Waals surface area contributed by atoms with Crippen molar-refractivity contribution in [2.45, 2.75) is 0 Å². The lowest BCUT2D eigenvalue weighted by Gasteiger charge is -1.99. The summed E-state index contributed by atoms with van der Waals surface area (Å²) >= 11 is 7.26. The van der Waals surface area contributed by atoms with E-state index in [2.05, 4.69) is 121 Å². The molecule has 0 aliphatic carbocycles. The fraction of sp³-hybridized carbons (Fsp3) is 0. The van der Waals surface area contributed by atoms with Crippen molar-refractivity contribution >= 4 is 96.7 Å². The fourth-order valence-electron chi connectivity index (χ4n) is 6.17. The highest BCUT2D eigenvalue weighted by molar-refractivity contribution is 7.23. The normalized spacial score (nSPS) is 11.9. The molecule has 10 rings (SSSR count). The van der Waals surface area contributed by atoms with Crippen LogP contribution in [0.3, 0.4) is 0 Å². The van der Waals surface area contributed by atoms with E-state index >= 15 is 0 Å². The zero-order valence-corrected chi connectivity index (χ0v) is 27.5. The minimum atomic E-state index is 1.06. The van der Waals surface area contributed by atoms with Gasteiger partial charge in [0.15, 0.2) is 0 Å². The molecule has 0 saturated carbocycles. The number of thiophene rings is 2. The molecule has 0 unspecified atom stereocenters. The molecule has 216 valence electrons. The van der Waals surface area contributed by atoms with Crippen LogP contribution in [0.15, 0.2) is 133 Å². The van der Waals surface area contributed by atoms with Crippen LogP contribution in [-0.2, 0) is 0 Å². The van der Waals surface area contributed by atoms with Gasteiger partial charge in [0.25, 0.3) is 0 Å². The molecule has 6 aromatic carbocycles. The van der Waals surface area contributed by atoms with Crippen molar-refractivity contribution in [3.63, 3.8) is 0 Å².